The van der Waals surface area contributed by atoms with Crippen LogP contribution in [-0.4, -0.2) is 14.9 Å². The predicted octanol–water partition coefficient (Wildman–Crippen LogP) is 2.11. The number of rotatable bonds is 4. The molecule has 0 radical (unpaired) electrons. The Bertz CT molecular complexity index is 656. The SMILES string of the molecule is Cc1[nH]cnc1CNc1ccc([N+](=O)[O-])cc1C#N. The summed E-state index contributed by atoms with van der Waals surface area (Å²) in [6.07, 6.45) is 1.59. The third-order valence-electron chi connectivity index (χ3n) is 2.72. The third kappa shape index (κ3) is 2.69. The van der Waals surface area contributed by atoms with Crippen molar-refractivity contribution in [2.75, 3.05) is 5.32 Å². The second-order valence-corrected chi connectivity index (χ2v) is 3.93. The lowest BCUT2D eigenvalue weighted by Gasteiger charge is -2.07. The third-order valence-corrected chi connectivity index (χ3v) is 2.72. The van der Waals surface area contributed by atoms with Gasteiger partial charge in [0.25, 0.3) is 5.69 Å². The topological polar surface area (TPSA) is 108 Å². The fraction of sp³-hybridized carbons (Fsp3) is 0.167. The number of nitriles is 1. The van der Waals surface area contributed by atoms with Crippen LogP contribution in [0.3, 0.4) is 0 Å². The van der Waals surface area contributed by atoms with E-state index in [0.717, 1.165) is 11.4 Å². The number of non-ortho nitro benzene ring substituents is 1. The van der Waals surface area contributed by atoms with Gasteiger partial charge in [0, 0.05) is 17.8 Å². The first kappa shape index (κ1) is 12.6. The van der Waals surface area contributed by atoms with E-state index < -0.39 is 4.92 Å². The van der Waals surface area contributed by atoms with E-state index in [1.54, 1.807) is 6.33 Å². The Morgan fingerprint density at radius 2 is 2.37 bits per heavy atom. The first-order valence-corrected chi connectivity index (χ1v) is 5.53. The Hall–Kier alpha value is -2.88. The Labute approximate surface area is 109 Å². The van der Waals surface area contributed by atoms with Crippen molar-refractivity contribution in [2.45, 2.75) is 13.5 Å². The van der Waals surface area contributed by atoms with E-state index in [1.165, 1.54) is 18.2 Å². The van der Waals surface area contributed by atoms with Gasteiger partial charge in [-0.3, -0.25) is 10.1 Å². The Morgan fingerprint density at radius 3 is 2.95 bits per heavy atom. The van der Waals surface area contributed by atoms with Crippen molar-refractivity contribution in [1.29, 1.82) is 5.26 Å². The molecule has 0 saturated carbocycles. The first-order chi connectivity index (χ1) is 9.11. The van der Waals surface area contributed by atoms with Gasteiger partial charge in [-0.05, 0) is 13.0 Å². The van der Waals surface area contributed by atoms with Crippen LogP contribution in [0.1, 0.15) is 17.0 Å². The van der Waals surface area contributed by atoms with Gasteiger partial charge >= 0.3 is 0 Å². The number of anilines is 1. The molecular weight excluding hydrogens is 246 g/mol. The van der Waals surface area contributed by atoms with E-state index in [0.29, 0.717) is 12.2 Å². The maximum atomic E-state index is 10.6. The maximum absolute atomic E-state index is 10.6. The number of hydrogen-bond acceptors (Lipinski definition) is 5. The summed E-state index contributed by atoms with van der Waals surface area (Å²) in [6.45, 7) is 2.34. The minimum absolute atomic E-state index is 0.0990. The summed E-state index contributed by atoms with van der Waals surface area (Å²) in [5, 5.41) is 22.7. The number of nitro groups is 1. The fourth-order valence-corrected chi connectivity index (χ4v) is 1.64. The summed E-state index contributed by atoms with van der Waals surface area (Å²) in [5.74, 6) is 0. The second-order valence-electron chi connectivity index (χ2n) is 3.93. The lowest BCUT2D eigenvalue weighted by molar-refractivity contribution is -0.384. The quantitative estimate of drug-likeness (QED) is 0.644. The van der Waals surface area contributed by atoms with Crippen molar-refractivity contribution in [3.8, 4) is 6.07 Å². The molecule has 0 bridgehead atoms. The predicted molar refractivity (Wildman–Crippen MR) is 68.5 cm³/mol. The first-order valence-electron chi connectivity index (χ1n) is 5.53. The van der Waals surface area contributed by atoms with Crippen LogP contribution in [-0.2, 0) is 6.54 Å². The lowest BCUT2D eigenvalue weighted by Crippen LogP contribution is -2.03. The summed E-state index contributed by atoms with van der Waals surface area (Å²) >= 11 is 0. The van der Waals surface area contributed by atoms with Crippen LogP contribution in [0, 0.1) is 28.4 Å². The number of benzene rings is 1. The van der Waals surface area contributed by atoms with Gasteiger partial charge in [0.05, 0.1) is 34.7 Å². The molecule has 0 spiro atoms. The molecule has 1 aromatic heterocycles. The van der Waals surface area contributed by atoms with Crippen LogP contribution in [0.4, 0.5) is 11.4 Å². The van der Waals surface area contributed by atoms with Crippen molar-refractivity contribution in [2.24, 2.45) is 0 Å². The Kier molecular flexibility index (Phi) is 3.43. The van der Waals surface area contributed by atoms with Crippen LogP contribution in [0.2, 0.25) is 0 Å². The molecule has 7 nitrogen and oxygen atoms in total. The van der Waals surface area contributed by atoms with E-state index in [-0.39, 0.29) is 11.3 Å². The average molecular weight is 257 g/mol. The van der Waals surface area contributed by atoms with Gasteiger partial charge in [-0.15, -0.1) is 0 Å². The van der Waals surface area contributed by atoms with Gasteiger partial charge in [0.15, 0.2) is 0 Å². The number of imidazole rings is 1. The number of nitrogens with one attached hydrogen (secondary N) is 2. The standard InChI is InChI=1S/C12H11N5O2/c1-8-12(16-7-15-8)6-14-11-3-2-10(17(18)19)4-9(11)5-13/h2-4,7,14H,6H2,1H3,(H,15,16). The number of hydrogen-bond donors (Lipinski definition) is 2. The molecule has 96 valence electrons. The largest absolute Gasteiger partial charge is 0.378 e. The molecule has 1 heterocycles. The van der Waals surface area contributed by atoms with Gasteiger partial charge in [0.1, 0.15) is 6.07 Å². The fourth-order valence-electron chi connectivity index (χ4n) is 1.64. The van der Waals surface area contributed by atoms with Crippen LogP contribution >= 0.6 is 0 Å². The normalized spacial score (nSPS) is 9.89. The molecule has 2 rings (SSSR count). The number of nitrogens with zero attached hydrogens (tertiary/aromatic N) is 3. The average Bonchev–Trinajstić information content (AvgIpc) is 2.81. The molecule has 0 amide bonds. The molecule has 7 heteroatoms. The Balaban J connectivity index is 2.19. The zero-order chi connectivity index (χ0) is 13.8. The molecule has 19 heavy (non-hydrogen) atoms. The molecule has 0 aliphatic rings. The van der Waals surface area contributed by atoms with Crippen LogP contribution in [0.25, 0.3) is 0 Å². The minimum Gasteiger partial charge on any atom is -0.378 e. The molecule has 0 unspecified atom stereocenters. The van der Waals surface area contributed by atoms with E-state index in [1.807, 2.05) is 13.0 Å². The molecule has 1 aromatic carbocycles. The smallest absolute Gasteiger partial charge is 0.270 e. The molecule has 0 aliphatic carbocycles. The highest BCUT2D eigenvalue weighted by molar-refractivity contribution is 5.61. The van der Waals surface area contributed by atoms with Crippen molar-refractivity contribution in [3.63, 3.8) is 0 Å². The highest BCUT2D eigenvalue weighted by atomic mass is 16.6. The van der Waals surface area contributed by atoms with Crippen LogP contribution in [0.15, 0.2) is 24.5 Å². The highest BCUT2D eigenvalue weighted by Gasteiger charge is 2.11. The van der Waals surface area contributed by atoms with E-state index in [2.05, 4.69) is 15.3 Å². The highest BCUT2D eigenvalue weighted by Crippen LogP contribution is 2.21. The number of aryl methyl sites for hydroxylation is 1. The van der Waals surface area contributed by atoms with Gasteiger partial charge in [-0.25, -0.2) is 4.98 Å². The van der Waals surface area contributed by atoms with Gasteiger partial charge in [-0.2, -0.15) is 5.26 Å². The summed E-state index contributed by atoms with van der Waals surface area (Å²) in [6, 6.07) is 6.08. The van der Waals surface area contributed by atoms with Crippen molar-refractivity contribution >= 4 is 11.4 Å². The molecule has 0 aliphatic heterocycles. The van der Waals surface area contributed by atoms with E-state index >= 15 is 0 Å². The van der Waals surface area contributed by atoms with Gasteiger partial charge < -0.3 is 10.3 Å². The summed E-state index contributed by atoms with van der Waals surface area (Å²) in [4.78, 5) is 17.2. The van der Waals surface area contributed by atoms with Crippen LogP contribution in [0.5, 0.6) is 0 Å². The molecule has 2 N–H and O–H groups in total. The van der Waals surface area contributed by atoms with Gasteiger partial charge in [-0.1, -0.05) is 0 Å². The summed E-state index contributed by atoms with van der Waals surface area (Å²) in [5.41, 5.74) is 2.46. The van der Waals surface area contributed by atoms with E-state index in [4.69, 9.17) is 5.26 Å². The number of aromatic amines is 1. The zero-order valence-corrected chi connectivity index (χ0v) is 10.2. The molecule has 0 atom stereocenters. The maximum Gasteiger partial charge on any atom is 0.270 e. The number of H-pyrrole nitrogens is 1. The van der Waals surface area contributed by atoms with E-state index in [9.17, 15) is 10.1 Å². The summed E-state index contributed by atoms with van der Waals surface area (Å²) < 4.78 is 0. The zero-order valence-electron chi connectivity index (χ0n) is 10.2. The molecule has 2 aromatic rings. The van der Waals surface area contributed by atoms with Crippen molar-refractivity contribution in [3.05, 3.63) is 51.6 Å². The second kappa shape index (κ2) is 5.18. The van der Waals surface area contributed by atoms with Gasteiger partial charge in [0.2, 0.25) is 0 Å². The van der Waals surface area contributed by atoms with Crippen LogP contribution < -0.4 is 5.32 Å². The summed E-state index contributed by atoms with van der Waals surface area (Å²) in [7, 11) is 0. The lowest BCUT2D eigenvalue weighted by atomic mass is 10.1. The minimum atomic E-state index is -0.525. The number of nitro benzene ring substituents is 1. The molecule has 0 saturated heterocycles. The Morgan fingerprint density at radius 1 is 1.58 bits per heavy atom. The number of aromatic nitrogens is 2. The van der Waals surface area contributed by atoms with Crippen molar-refractivity contribution < 1.29 is 4.92 Å². The monoisotopic (exact) mass is 257 g/mol. The van der Waals surface area contributed by atoms with Crippen molar-refractivity contribution in [1.82, 2.24) is 9.97 Å². The molecular formula is C12H11N5O2. The molecule has 0 fully saturated rings.